The van der Waals surface area contributed by atoms with Gasteiger partial charge in [-0.3, -0.25) is 0 Å². The van der Waals surface area contributed by atoms with Crippen molar-refractivity contribution < 1.29 is 23.7 Å². The quantitative estimate of drug-likeness (QED) is 0.157. The second-order valence-electron chi connectivity index (χ2n) is 9.19. The van der Waals surface area contributed by atoms with Crippen molar-refractivity contribution in [2.75, 3.05) is 6.61 Å². The molecule has 2 N–H and O–H groups in total. The molecular formula is C32H23Cl3N2O5. The fourth-order valence-electron chi connectivity index (χ4n) is 4.49. The van der Waals surface area contributed by atoms with Crippen LogP contribution < -0.4 is 24.7 Å². The van der Waals surface area contributed by atoms with Crippen molar-refractivity contribution in [3.05, 3.63) is 128 Å². The molecule has 7 nitrogen and oxygen atoms in total. The molecule has 0 bridgehead atoms. The maximum absolute atomic E-state index is 12.8. The lowest BCUT2D eigenvalue weighted by Gasteiger charge is -2.27. The first-order chi connectivity index (χ1) is 20.3. The van der Waals surface area contributed by atoms with Gasteiger partial charge in [-0.2, -0.15) is 5.26 Å². The predicted molar refractivity (Wildman–Crippen MR) is 161 cm³/mol. The highest BCUT2D eigenvalue weighted by atomic mass is 35.5. The number of halogens is 3. The summed E-state index contributed by atoms with van der Waals surface area (Å²) in [5, 5.41) is 11.2. The smallest absolute Gasteiger partial charge is 0.345 e. The van der Waals surface area contributed by atoms with Gasteiger partial charge in [-0.15, -0.1) is 0 Å². The Morgan fingerprint density at radius 1 is 0.929 bits per heavy atom. The molecule has 10 heteroatoms. The SMILES string of the molecule is CCOc1cc(C2C(C#N)=C(N)Oc3cc(OC(=O)c4ccc(Cl)cc4Cl)ccc32)ccc1OCc1ccc(Cl)cc1. The average Bonchev–Trinajstić information content (AvgIpc) is 2.96. The van der Waals surface area contributed by atoms with E-state index >= 15 is 0 Å². The Labute approximate surface area is 257 Å². The molecule has 42 heavy (non-hydrogen) atoms. The first-order valence-corrected chi connectivity index (χ1v) is 13.9. The summed E-state index contributed by atoms with van der Waals surface area (Å²) >= 11 is 18.1. The molecule has 0 spiro atoms. The summed E-state index contributed by atoms with van der Waals surface area (Å²) in [5.41, 5.74) is 8.92. The lowest BCUT2D eigenvalue weighted by molar-refractivity contribution is 0.0734. The number of fused-ring (bicyclic) bond motifs is 1. The number of esters is 1. The minimum atomic E-state index is -0.666. The van der Waals surface area contributed by atoms with Crippen LogP contribution in [0.1, 0.15) is 39.9 Å². The number of rotatable bonds is 8. The van der Waals surface area contributed by atoms with E-state index in [2.05, 4.69) is 6.07 Å². The van der Waals surface area contributed by atoms with E-state index in [-0.39, 0.29) is 27.8 Å². The summed E-state index contributed by atoms with van der Waals surface area (Å²) in [6, 6.07) is 24.4. The fourth-order valence-corrected chi connectivity index (χ4v) is 5.10. The van der Waals surface area contributed by atoms with E-state index in [1.54, 1.807) is 36.4 Å². The van der Waals surface area contributed by atoms with Gasteiger partial charge < -0.3 is 24.7 Å². The summed E-state index contributed by atoms with van der Waals surface area (Å²) in [6.07, 6.45) is 0. The molecule has 0 radical (unpaired) electrons. The maximum atomic E-state index is 12.8. The van der Waals surface area contributed by atoms with E-state index in [0.29, 0.717) is 46.1 Å². The molecule has 1 heterocycles. The van der Waals surface area contributed by atoms with Gasteiger partial charge in [0.25, 0.3) is 0 Å². The number of carbonyl (C=O) groups is 1. The van der Waals surface area contributed by atoms with E-state index in [4.69, 9.17) is 59.5 Å². The molecule has 0 amide bonds. The van der Waals surface area contributed by atoms with Crippen molar-refractivity contribution in [2.24, 2.45) is 5.73 Å². The van der Waals surface area contributed by atoms with Crippen LogP contribution >= 0.6 is 34.8 Å². The van der Waals surface area contributed by atoms with Crippen molar-refractivity contribution >= 4 is 40.8 Å². The molecule has 212 valence electrons. The van der Waals surface area contributed by atoms with Crippen LogP contribution in [0.4, 0.5) is 0 Å². The highest BCUT2D eigenvalue weighted by molar-refractivity contribution is 6.36. The van der Waals surface area contributed by atoms with Crippen molar-refractivity contribution in [1.29, 1.82) is 5.26 Å². The van der Waals surface area contributed by atoms with E-state index in [1.165, 1.54) is 18.2 Å². The molecular weight excluding hydrogens is 599 g/mol. The third-order valence-corrected chi connectivity index (χ3v) is 7.26. The zero-order valence-electron chi connectivity index (χ0n) is 22.2. The van der Waals surface area contributed by atoms with Gasteiger partial charge in [0.15, 0.2) is 11.5 Å². The molecule has 1 aliphatic heterocycles. The monoisotopic (exact) mass is 620 g/mol. The van der Waals surface area contributed by atoms with Gasteiger partial charge in [0.1, 0.15) is 29.7 Å². The molecule has 1 aliphatic rings. The van der Waals surface area contributed by atoms with Crippen molar-refractivity contribution in [3.63, 3.8) is 0 Å². The molecule has 1 unspecified atom stereocenters. The number of benzene rings is 4. The van der Waals surface area contributed by atoms with Gasteiger partial charge in [0, 0.05) is 21.7 Å². The van der Waals surface area contributed by atoms with Gasteiger partial charge in [0.2, 0.25) is 5.88 Å². The molecule has 0 saturated heterocycles. The number of hydrogen-bond acceptors (Lipinski definition) is 7. The third kappa shape index (κ3) is 6.27. The summed E-state index contributed by atoms with van der Waals surface area (Å²) in [4.78, 5) is 12.8. The Kier molecular flexibility index (Phi) is 8.79. The molecule has 0 fully saturated rings. The third-order valence-electron chi connectivity index (χ3n) is 6.46. The summed E-state index contributed by atoms with van der Waals surface area (Å²) in [6.45, 7) is 2.59. The van der Waals surface area contributed by atoms with Crippen LogP contribution in [0.2, 0.25) is 15.1 Å². The molecule has 4 aromatic carbocycles. The lowest BCUT2D eigenvalue weighted by atomic mass is 9.83. The predicted octanol–water partition coefficient (Wildman–Crippen LogP) is 8.06. The normalized spacial score (nSPS) is 13.9. The van der Waals surface area contributed by atoms with Crippen LogP contribution in [0.3, 0.4) is 0 Å². The van der Waals surface area contributed by atoms with E-state index in [1.807, 2.05) is 31.2 Å². The van der Waals surface area contributed by atoms with Crippen LogP contribution in [0.15, 0.2) is 90.3 Å². The first kappa shape index (κ1) is 29.2. The average molecular weight is 622 g/mol. The summed E-state index contributed by atoms with van der Waals surface area (Å²) < 4.78 is 23.3. The molecule has 0 saturated carbocycles. The van der Waals surface area contributed by atoms with E-state index < -0.39 is 11.9 Å². The van der Waals surface area contributed by atoms with Gasteiger partial charge in [-0.05, 0) is 66.6 Å². The number of allylic oxidation sites excluding steroid dienone is 1. The van der Waals surface area contributed by atoms with Gasteiger partial charge >= 0.3 is 5.97 Å². The van der Waals surface area contributed by atoms with Crippen LogP contribution in [0, 0.1) is 11.3 Å². The highest BCUT2D eigenvalue weighted by Crippen LogP contribution is 2.45. The van der Waals surface area contributed by atoms with Crippen LogP contribution in [-0.4, -0.2) is 12.6 Å². The number of nitrogens with two attached hydrogens (primary N) is 1. The van der Waals surface area contributed by atoms with Crippen LogP contribution in [0.25, 0.3) is 0 Å². The minimum Gasteiger partial charge on any atom is -0.490 e. The largest absolute Gasteiger partial charge is 0.490 e. The molecule has 4 aromatic rings. The van der Waals surface area contributed by atoms with Crippen molar-refractivity contribution in [2.45, 2.75) is 19.4 Å². The standard InChI is InChI=1S/C32H23Cl3N2O5/c1-2-39-29-13-19(5-12-27(29)40-17-18-3-6-20(33)7-4-18)30-24-11-9-22(15-28(24)42-31(37)25(30)16-36)41-32(38)23-10-8-21(34)14-26(23)35/h3-15,30H,2,17,37H2,1H3. The molecule has 1 atom stereocenters. The highest BCUT2D eigenvalue weighted by Gasteiger charge is 2.32. The zero-order valence-corrected chi connectivity index (χ0v) is 24.5. The molecule has 5 rings (SSSR count). The zero-order chi connectivity index (χ0) is 29.8. The molecule has 0 aliphatic carbocycles. The topological polar surface area (TPSA) is 104 Å². The Balaban J connectivity index is 1.44. The Morgan fingerprint density at radius 3 is 2.40 bits per heavy atom. The Morgan fingerprint density at radius 2 is 1.69 bits per heavy atom. The Hall–Kier alpha value is -4.35. The van der Waals surface area contributed by atoms with Crippen molar-refractivity contribution in [1.82, 2.24) is 0 Å². The van der Waals surface area contributed by atoms with Gasteiger partial charge in [-0.25, -0.2) is 4.79 Å². The van der Waals surface area contributed by atoms with E-state index in [0.717, 1.165) is 11.1 Å². The maximum Gasteiger partial charge on any atom is 0.345 e. The number of nitrogens with zero attached hydrogens (tertiary/aromatic N) is 1. The van der Waals surface area contributed by atoms with Crippen molar-refractivity contribution in [3.8, 4) is 29.1 Å². The second-order valence-corrected chi connectivity index (χ2v) is 10.5. The van der Waals surface area contributed by atoms with Crippen LogP contribution in [-0.2, 0) is 6.61 Å². The number of ether oxygens (including phenoxy) is 4. The second kappa shape index (κ2) is 12.7. The van der Waals surface area contributed by atoms with Gasteiger partial charge in [-0.1, -0.05) is 59.1 Å². The number of hydrogen-bond donors (Lipinski definition) is 1. The summed E-state index contributed by atoms with van der Waals surface area (Å²) in [5.74, 6) is 0.308. The number of nitriles is 1. The fraction of sp³-hybridized carbons (Fsp3) is 0.125. The van der Waals surface area contributed by atoms with Crippen LogP contribution in [0.5, 0.6) is 23.0 Å². The minimum absolute atomic E-state index is 0.0553. The first-order valence-electron chi connectivity index (χ1n) is 12.8. The van der Waals surface area contributed by atoms with Gasteiger partial charge in [0.05, 0.1) is 23.1 Å². The van der Waals surface area contributed by atoms with E-state index in [9.17, 15) is 10.1 Å². The summed E-state index contributed by atoms with van der Waals surface area (Å²) in [7, 11) is 0. The lowest BCUT2D eigenvalue weighted by Crippen LogP contribution is -2.21. The molecule has 0 aromatic heterocycles. The Bertz CT molecular complexity index is 1730. The number of carbonyl (C=O) groups excluding carboxylic acids is 1.